The molecule has 5 heteroatoms. The highest BCUT2D eigenvalue weighted by Crippen LogP contribution is 2.70. The van der Waals surface area contributed by atoms with Crippen molar-refractivity contribution in [2.75, 3.05) is 13.1 Å². The first kappa shape index (κ1) is 20.3. The molecule has 3 aromatic rings. The fourth-order valence-electron chi connectivity index (χ4n) is 6.27. The van der Waals surface area contributed by atoms with Crippen molar-refractivity contribution in [2.45, 2.75) is 61.2 Å². The van der Waals surface area contributed by atoms with Gasteiger partial charge in [-0.25, -0.2) is 8.42 Å². The second kappa shape index (κ2) is 7.06. The van der Waals surface area contributed by atoms with Crippen molar-refractivity contribution in [2.24, 2.45) is 0 Å². The summed E-state index contributed by atoms with van der Waals surface area (Å²) in [6.07, 6.45) is 8.64. The summed E-state index contributed by atoms with van der Waals surface area (Å²) in [7, 11) is -3.57. The van der Waals surface area contributed by atoms with Gasteiger partial charge in [0, 0.05) is 18.5 Å². The van der Waals surface area contributed by atoms with Crippen molar-refractivity contribution in [3.63, 3.8) is 0 Å². The zero-order valence-electron chi connectivity index (χ0n) is 18.5. The molecule has 0 amide bonds. The van der Waals surface area contributed by atoms with Crippen LogP contribution in [0.1, 0.15) is 53.7 Å². The Hall–Kier alpha value is -2.37. The van der Waals surface area contributed by atoms with E-state index >= 15 is 0 Å². The number of hydrogen-bond acceptors (Lipinski definition) is 3. The zero-order chi connectivity index (χ0) is 22.0. The van der Waals surface area contributed by atoms with Crippen molar-refractivity contribution in [3.8, 4) is 0 Å². The Morgan fingerprint density at radius 2 is 1.59 bits per heavy atom. The van der Waals surface area contributed by atoms with Gasteiger partial charge >= 0.3 is 0 Å². The van der Waals surface area contributed by atoms with E-state index in [9.17, 15) is 8.42 Å². The lowest BCUT2D eigenvalue weighted by Gasteiger charge is -2.21. The molecular formula is C27H29NO3S. The molecule has 2 aliphatic carbocycles. The second-order valence-corrected chi connectivity index (χ2v) is 11.9. The molecule has 0 radical (unpaired) electrons. The molecule has 1 saturated heterocycles. The third-order valence-electron chi connectivity index (χ3n) is 8.06. The van der Waals surface area contributed by atoms with Gasteiger partial charge in [0.1, 0.15) is 5.76 Å². The molecule has 1 aromatic heterocycles. The predicted molar refractivity (Wildman–Crippen MR) is 124 cm³/mol. The van der Waals surface area contributed by atoms with Gasteiger partial charge in [0.15, 0.2) is 0 Å². The molecular weight excluding hydrogens is 418 g/mol. The van der Waals surface area contributed by atoms with Crippen LogP contribution in [0.5, 0.6) is 0 Å². The lowest BCUT2D eigenvalue weighted by Crippen LogP contribution is -2.33. The van der Waals surface area contributed by atoms with E-state index in [0.717, 1.165) is 30.6 Å². The number of furan rings is 1. The number of benzene rings is 2. The summed E-state index contributed by atoms with van der Waals surface area (Å²) < 4.78 is 35.3. The largest absolute Gasteiger partial charge is 0.468 e. The average molecular weight is 448 g/mol. The van der Waals surface area contributed by atoms with Gasteiger partial charge in [-0.05, 0) is 67.9 Å². The maximum absolute atomic E-state index is 13.6. The van der Waals surface area contributed by atoms with Crippen LogP contribution in [0.4, 0.5) is 0 Å². The van der Waals surface area contributed by atoms with Crippen LogP contribution in [0.15, 0.2) is 70.2 Å². The minimum absolute atomic E-state index is 0.218. The summed E-state index contributed by atoms with van der Waals surface area (Å²) in [6.45, 7) is 2.96. The normalized spacial score (nSPS) is 27.5. The molecule has 0 N–H and O–H groups in total. The third-order valence-corrected chi connectivity index (χ3v) is 9.87. The number of nitrogens with zero attached hydrogens (tertiary/aromatic N) is 1. The molecule has 4 nitrogen and oxygen atoms in total. The van der Waals surface area contributed by atoms with Crippen molar-refractivity contribution >= 4 is 10.0 Å². The highest BCUT2D eigenvalue weighted by Gasteiger charge is 2.76. The van der Waals surface area contributed by atoms with Crippen LogP contribution in [0.2, 0.25) is 0 Å². The van der Waals surface area contributed by atoms with Crippen LogP contribution < -0.4 is 0 Å². The van der Waals surface area contributed by atoms with Crippen LogP contribution in [0.25, 0.3) is 0 Å². The Morgan fingerprint density at radius 1 is 0.875 bits per heavy atom. The molecule has 166 valence electrons. The number of piperidine rings is 1. The van der Waals surface area contributed by atoms with Gasteiger partial charge in [-0.1, -0.05) is 54.4 Å². The highest BCUT2D eigenvalue weighted by molar-refractivity contribution is 7.89. The summed E-state index contributed by atoms with van der Waals surface area (Å²) in [5, 5.41) is 0. The number of aryl methyl sites for hydroxylation is 2. The van der Waals surface area contributed by atoms with E-state index in [4.69, 9.17) is 4.42 Å². The number of sulfonamides is 1. The minimum atomic E-state index is -3.57. The summed E-state index contributed by atoms with van der Waals surface area (Å²) in [4.78, 5) is 0.376. The fourth-order valence-corrected chi connectivity index (χ4v) is 7.83. The first-order valence-corrected chi connectivity index (χ1v) is 13.1. The van der Waals surface area contributed by atoms with Gasteiger partial charge < -0.3 is 4.42 Å². The van der Waals surface area contributed by atoms with E-state index in [1.165, 1.54) is 36.0 Å². The Balaban J connectivity index is 1.45. The quantitative estimate of drug-likeness (QED) is 0.520. The molecule has 2 atom stereocenters. The maximum Gasteiger partial charge on any atom is 0.243 e. The molecule has 0 spiro atoms. The van der Waals surface area contributed by atoms with E-state index in [0.29, 0.717) is 18.0 Å². The second-order valence-electron chi connectivity index (χ2n) is 9.92. The summed E-state index contributed by atoms with van der Waals surface area (Å²) in [5.74, 6) is 1.06. The summed E-state index contributed by atoms with van der Waals surface area (Å²) in [5.41, 5.74) is 4.48. The molecule has 32 heavy (non-hydrogen) atoms. The van der Waals surface area contributed by atoms with Crippen LogP contribution in [0.3, 0.4) is 0 Å². The van der Waals surface area contributed by atoms with E-state index in [2.05, 4.69) is 24.3 Å². The van der Waals surface area contributed by atoms with Gasteiger partial charge in [0.05, 0.1) is 16.6 Å². The summed E-state index contributed by atoms with van der Waals surface area (Å²) in [6, 6.07) is 17.7. The van der Waals surface area contributed by atoms with Crippen molar-refractivity contribution < 1.29 is 12.8 Å². The summed E-state index contributed by atoms with van der Waals surface area (Å²) >= 11 is 0. The third kappa shape index (κ3) is 2.80. The molecule has 3 aliphatic rings. The molecule has 2 fully saturated rings. The van der Waals surface area contributed by atoms with E-state index in [1.54, 1.807) is 16.4 Å². The van der Waals surface area contributed by atoms with E-state index in [-0.39, 0.29) is 10.8 Å². The number of hydrogen-bond donors (Lipinski definition) is 0. The lowest BCUT2D eigenvalue weighted by atomic mass is 9.85. The van der Waals surface area contributed by atoms with Crippen molar-refractivity contribution in [1.82, 2.24) is 4.31 Å². The standard InChI is InChI=1S/C27H29NO3S/c1-20-12-14-23(15-13-20)32(29,30)28-18-26(22-9-5-3-6-10-22)17-27(26,19-28)25-24-11-7-2-4-8-21(24)16-31-25/h3,5-6,9-10,12-16H,2,4,7-8,11,17-19H2,1H3. The number of fused-ring (bicyclic) bond motifs is 2. The van der Waals surface area contributed by atoms with Gasteiger partial charge in [-0.15, -0.1) is 0 Å². The molecule has 2 heterocycles. The molecule has 1 aliphatic heterocycles. The monoisotopic (exact) mass is 447 g/mol. The molecule has 2 aromatic carbocycles. The highest BCUT2D eigenvalue weighted by atomic mass is 32.2. The van der Waals surface area contributed by atoms with E-state index in [1.807, 2.05) is 31.4 Å². The topological polar surface area (TPSA) is 50.5 Å². The zero-order valence-corrected chi connectivity index (χ0v) is 19.3. The van der Waals surface area contributed by atoms with Crippen LogP contribution in [-0.4, -0.2) is 25.8 Å². The molecule has 0 bridgehead atoms. The van der Waals surface area contributed by atoms with Crippen molar-refractivity contribution in [1.29, 1.82) is 0 Å². The molecule has 2 unspecified atom stereocenters. The van der Waals surface area contributed by atoms with E-state index < -0.39 is 10.0 Å². The maximum atomic E-state index is 13.6. The van der Waals surface area contributed by atoms with Gasteiger partial charge in [-0.2, -0.15) is 4.31 Å². The Kier molecular flexibility index (Phi) is 4.47. The van der Waals surface area contributed by atoms with Gasteiger partial charge in [-0.3, -0.25) is 0 Å². The van der Waals surface area contributed by atoms with Gasteiger partial charge in [0.2, 0.25) is 10.0 Å². The van der Waals surface area contributed by atoms with Crippen molar-refractivity contribution in [3.05, 3.63) is 88.9 Å². The molecule has 1 saturated carbocycles. The first-order chi connectivity index (χ1) is 15.5. The van der Waals surface area contributed by atoms with Crippen LogP contribution in [-0.2, 0) is 33.7 Å². The predicted octanol–water partition coefficient (Wildman–Crippen LogP) is 5.14. The fraction of sp³-hybridized carbons (Fsp3) is 0.407. The molecule has 6 rings (SSSR count). The Labute approximate surface area is 190 Å². The van der Waals surface area contributed by atoms with Crippen LogP contribution >= 0.6 is 0 Å². The average Bonchev–Trinajstić information content (AvgIpc) is 3.20. The number of rotatable bonds is 4. The van der Waals surface area contributed by atoms with Crippen LogP contribution in [0, 0.1) is 6.92 Å². The Morgan fingerprint density at radius 3 is 2.38 bits per heavy atom. The minimum Gasteiger partial charge on any atom is -0.468 e. The smallest absolute Gasteiger partial charge is 0.243 e. The first-order valence-electron chi connectivity index (χ1n) is 11.7. The SMILES string of the molecule is Cc1ccc(S(=O)(=O)N2CC3(c4ccccc4)CC3(c3occ4c3CCCCC4)C2)cc1. The lowest BCUT2D eigenvalue weighted by molar-refractivity contribution is 0.398. The van der Waals surface area contributed by atoms with Gasteiger partial charge in [0.25, 0.3) is 0 Å². The Bertz CT molecular complexity index is 1260.